The van der Waals surface area contributed by atoms with Gasteiger partial charge in [-0.05, 0) is 29.8 Å². The van der Waals surface area contributed by atoms with Gasteiger partial charge >= 0.3 is 5.97 Å². The number of para-hydroxylation sites is 1. The van der Waals surface area contributed by atoms with Crippen molar-refractivity contribution in [1.29, 1.82) is 0 Å². The number of methoxy groups -OCH3 is 2. The predicted molar refractivity (Wildman–Crippen MR) is 89.5 cm³/mol. The molecule has 0 atom stereocenters. The Morgan fingerprint density at radius 2 is 1.50 bits per heavy atom. The normalized spacial score (nSPS) is 11.0. The smallest absolute Gasteiger partial charge is 0.343 e. The molecule has 0 saturated carbocycles. The van der Waals surface area contributed by atoms with Crippen LogP contribution in [0.3, 0.4) is 0 Å². The lowest BCUT2D eigenvalue weighted by molar-refractivity contribution is 0.0724. The first kappa shape index (κ1) is 17.8. The summed E-state index contributed by atoms with van der Waals surface area (Å²) in [6.45, 7) is 0. The van der Waals surface area contributed by atoms with Crippen molar-refractivity contribution in [3.8, 4) is 17.2 Å². The molecule has 0 aliphatic rings. The molecule has 0 bridgehead atoms. The molecule has 2 aromatic rings. The van der Waals surface area contributed by atoms with Crippen LogP contribution in [0.4, 0.5) is 0 Å². The monoisotopic (exact) mass is 350 g/mol. The summed E-state index contributed by atoms with van der Waals surface area (Å²) in [6, 6.07) is 11.2. The van der Waals surface area contributed by atoms with Crippen LogP contribution in [0.2, 0.25) is 0 Å². The molecule has 0 unspecified atom stereocenters. The van der Waals surface area contributed by atoms with E-state index in [4.69, 9.17) is 14.2 Å². The molecule has 24 heavy (non-hydrogen) atoms. The molecule has 2 rings (SSSR count). The third-order valence-corrected chi connectivity index (χ3v) is 4.05. The van der Waals surface area contributed by atoms with E-state index in [1.54, 1.807) is 30.3 Å². The number of esters is 1. The van der Waals surface area contributed by atoms with Crippen molar-refractivity contribution < 1.29 is 27.4 Å². The number of hydrogen-bond donors (Lipinski definition) is 0. The van der Waals surface area contributed by atoms with Gasteiger partial charge in [0.15, 0.2) is 21.3 Å². The molecule has 0 aromatic heterocycles. The molecule has 0 heterocycles. The van der Waals surface area contributed by atoms with Crippen LogP contribution >= 0.6 is 0 Å². The molecule has 0 N–H and O–H groups in total. The minimum Gasteiger partial charge on any atom is -0.493 e. The summed E-state index contributed by atoms with van der Waals surface area (Å²) in [7, 11) is -0.197. The summed E-state index contributed by atoms with van der Waals surface area (Å²) in [5, 5.41) is 0. The molecular weight excluding hydrogens is 332 g/mol. The quantitative estimate of drug-likeness (QED) is 0.588. The van der Waals surface area contributed by atoms with Crippen LogP contribution in [0.25, 0.3) is 0 Å². The molecule has 2 aromatic carbocycles. The zero-order valence-electron chi connectivity index (χ0n) is 13.6. The highest BCUT2D eigenvalue weighted by atomic mass is 32.2. The van der Waals surface area contributed by atoms with Gasteiger partial charge in [0, 0.05) is 6.26 Å². The number of carbonyl (C=O) groups excluding carboxylic acids is 1. The van der Waals surface area contributed by atoms with Gasteiger partial charge < -0.3 is 14.2 Å². The number of sulfone groups is 1. The summed E-state index contributed by atoms with van der Waals surface area (Å²) in [5.74, 6) is 0.257. The van der Waals surface area contributed by atoms with Crippen LogP contribution in [0, 0.1) is 0 Å². The first-order valence-electron chi connectivity index (χ1n) is 7.04. The summed E-state index contributed by atoms with van der Waals surface area (Å²) < 4.78 is 38.3. The maximum atomic E-state index is 12.3. The summed E-state index contributed by atoms with van der Waals surface area (Å²) >= 11 is 0. The second kappa shape index (κ2) is 7.35. The van der Waals surface area contributed by atoms with Crippen molar-refractivity contribution in [3.63, 3.8) is 0 Å². The van der Waals surface area contributed by atoms with Crippen molar-refractivity contribution in [2.75, 3.05) is 20.5 Å². The SMILES string of the molecule is COc1cccc(OC)c1OC(=O)c1ccc(CS(C)(=O)=O)cc1. The van der Waals surface area contributed by atoms with Crippen LogP contribution in [0.1, 0.15) is 15.9 Å². The van der Waals surface area contributed by atoms with Crippen LogP contribution in [-0.2, 0) is 15.6 Å². The second-order valence-corrected chi connectivity index (χ2v) is 7.29. The largest absolute Gasteiger partial charge is 0.493 e. The molecule has 0 aliphatic heterocycles. The third-order valence-electron chi connectivity index (χ3n) is 3.20. The minimum atomic E-state index is -3.13. The van der Waals surface area contributed by atoms with E-state index in [0.717, 1.165) is 6.26 Å². The Balaban J connectivity index is 2.22. The Kier molecular flexibility index (Phi) is 5.46. The number of carbonyl (C=O) groups is 1. The molecule has 0 spiro atoms. The maximum absolute atomic E-state index is 12.3. The van der Waals surface area contributed by atoms with Crippen LogP contribution in [-0.4, -0.2) is 34.9 Å². The number of rotatable bonds is 6. The molecule has 0 fully saturated rings. The lowest BCUT2D eigenvalue weighted by Crippen LogP contribution is -2.10. The van der Waals surface area contributed by atoms with Gasteiger partial charge in [0.05, 0.1) is 25.5 Å². The lowest BCUT2D eigenvalue weighted by atomic mass is 10.1. The second-order valence-electron chi connectivity index (χ2n) is 5.15. The van der Waals surface area contributed by atoms with Gasteiger partial charge in [-0.25, -0.2) is 13.2 Å². The van der Waals surface area contributed by atoms with Crippen molar-refractivity contribution in [1.82, 2.24) is 0 Å². The van der Waals surface area contributed by atoms with Crippen LogP contribution in [0.15, 0.2) is 42.5 Å². The highest BCUT2D eigenvalue weighted by Gasteiger charge is 2.17. The van der Waals surface area contributed by atoms with Gasteiger partial charge in [0.1, 0.15) is 0 Å². The average molecular weight is 350 g/mol. The predicted octanol–water partition coefficient (Wildman–Crippen LogP) is 2.47. The van der Waals surface area contributed by atoms with Crippen LogP contribution < -0.4 is 14.2 Å². The molecule has 7 heteroatoms. The summed E-state index contributed by atoms with van der Waals surface area (Å²) in [5.41, 5.74) is 0.893. The number of hydrogen-bond acceptors (Lipinski definition) is 6. The van der Waals surface area contributed by atoms with Gasteiger partial charge in [0.2, 0.25) is 5.75 Å². The van der Waals surface area contributed by atoms with E-state index >= 15 is 0 Å². The lowest BCUT2D eigenvalue weighted by Gasteiger charge is -2.12. The molecule has 128 valence electrons. The number of benzene rings is 2. The van der Waals surface area contributed by atoms with E-state index in [1.165, 1.54) is 26.4 Å². The van der Waals surface area contributed by atoms with Crippen molar-refractivity contribution in [3.05, 3.63) is 53.6 Å². The van der Waals surface area contributed by atoms with Gasteiger partial charge in [-0.1, -0.05) is 18.2 Å². The minimum absolute atomic E-state index is 0.0807. The fourth-order valence-corrected chi connectivity index (χ4v) is 2.91. The molecule has 0 saturated heterocycles. The fraction of sp³-hybridized carbons (Fsp3) is 0.235. The average Bonchev–Trinajstić information content (AvgIpc) is 2.54. The van der Waals surface area contributed by atoms with E-state index in [-0.39, 0.29) is 11.5 Å². The number of ether oxygens (including phenoxy) is 3. The molecular formula is C17H18O6S. The summed E-state index contributed by atoms with van der Waals surface area (Å²) in [6.07, 6.45) is 1.16. The van der Waals surface area contributed by atoms with E-state index < -0.39 is 15.8 Å². The van der Waals surface area contributed by atoms with E-state index in [1.807, 2.05) is 0 Å². The Bertz CT molecular complexity index is 802. The summed E-state index contributed by atoms with van der Waals surface area (Å²) in [4.78, 5) is 12.3. The highest BCUT2D eigenvalue weighted by Crippen LogP contribution is 2.37. The molecule has 6 nitrogen and oxygen atoms in total. The van der Waals surface area contributed by atoms with Crippen molar-refractivity contribution in [2.24, 2.45) is 0 Å². The van der Waals surface area contributed by atoms with Gasteiger partial charge in [-0.2, -0.15) is 0 Å². The Labute approximate surface area is 140 Å². The molecule has 0 aliphatic carbocycles. The van der Waals surface area contributed by atoms with Crippen molar-refractivity contribution >= 4 is 15.8 Å². The van der Waals surface area contributed by atoms with Gasteiger partial charge in [-0.15, -0.1) is 0 Å². The van der Waals surface area contributed by atoms with Crippen molar-refractivity contribution in [2.45, 2.75) is 5.75 Å². The van der Waals surface area contributed by atoms with Gasteiger partial charge in [0.25, 0.3) is 0 Å². The van der Waals surface area contributed by atoms with Crippen LogP contribution in [0.5, 0.6) is 17.2 Å². The zero-order valence-corrected chi connectivity index (χ0v) is 14.4. The Morgan fingerprint density at radius 3 is 1.96 bits per heavy atom. The third kappa shape index (κ3) is 4.48. The highest BCUT2D eigenvalue weighted by molar-refractivity contribution is 7.89. The standard InChI is InChI=1S/C17H18O6S/c1-21-14-5-4-6-15(22-2)16(14)23-17(18)13-9-7-12(8-10-13)11-24(3,19)20/h4-10H,11H2,1-3H3. The topological polar surface area (TPSA) is 78.9 Å². The Morgan fingerprint density at radius 1 is 0.958 bits per heavy atom. The van der Waals surface area contributed by atoms with Gasteiger partial charge in [-0.3, -0.25) is 0 Å². The zero-order chi connectivity index (χ0) is 17.7. The van der Waals surface area contributed by atoms with E-state index in [0.29, 0.717) is 22.6 Å². The van der Waals surface area contributed by atoms with E-state index in [2.05, 4.69) is 0 Å². The molecule has 0 amide bonds. The fourth-order valence-electron chi connectivity index (χ4n) is 2.11. The Hall–Kier alpha value is -2.54. The molecule has 0 radical (unpaired) electrons. The maximum Gasteiger partial charge on any atom is 0.343 e. The first-order chi connectivity index (χ1) is 11.3. The van der Waals surface area contributed by atoms with E-state index in [9.17, 15) is 13.2 Å². The first-order valence-corrected chi connectivity index (χ1v) is 9.10.